The number of aromatic nitrogens is 2. The van der Waals surface area contributed by atoms with Gasteiger partial charge in [0.15, 0.2) is 0 Å². The highest BCUT2D eigenvalue weighted by molar-refractivity contribution is 5.90. The molecule has 3 heterocycles. The number of fused-ring (bicyclic) bond motifs is 2. The van der Waals surface area contributed by atoms with Gasteiger partial charge in [0.1, 0.15) is 0 Å². The Morgan fingerprint density at radius 1 is 1.41 bits per heavy atom. The number of carbonyl (C=O) groups is 1. The molecule has 6 nitrogen and oxygen atoms in total. The lowest BCUT2D eigenvalue weighted by Crippen LogP contribution is -2.39. The van der Waals surface area contributed by atoms with E-state index in [0.717, 1.165) is 25.9 Å². The Balaban J connectivity index is 1.73. The summed E-state index contributed by atoms with van der Waals surface area (Å²) >= 11 is 0. The van der Waals surface area contributed by atoms with Gasteiger partial charge < -0.3 is 14.7 Å². The number of rotatable bonds is 1. The molecular formula is C11H16N4O2. The second-order valence-electron chi connectivity index (χ2n) is 4.81. The van der Waals surface area contributed by atoms with Gasteiger partial charge in [-0.25, -0.2) is 0 Å². The summed E-state index contributed by atoms with van der Waals surface area (Å²) in [6, 6.07) is 1.00. The van der Waals surface area contributed by atoms with Gasteiger partial charge in [-0.3, -0.25) is 4.79 Å². The largest absolute Gasteiger partial charge is 0.339 e. The molecule has 6 heteroatoms. The Bertz CT molecular complexity index is 431. The molecule has 0 aliphatic carbocycles. The highest BCUT2D eigenvalue weighted by Crippen LogP contribution is 2.21. The molecule has 1 amide bonds. The van der Waals surface area contributed by atoms with Crippen LogP contribution in [0.2, 0.25) is 0 Å². The van der Waals surface area contributed by atoms with Gasteiger partial charge in [-0.2, -0.15) is 4.98 Å². The maximum Gasteiger partial charge on any atom is 0.295 e. The second-order valence-corrected chi connectivity index (χ2v) is 4.81. The summed E-state index contributed by atoms with van der Waals surface area (Å²) < 4.78 is 4.85. The zero-order chi connectivity index (χ0) is 11.8. The van der Waals surface area contributed by atoms with Gasteiger partial charge in [0.2, 0.25) is 5.89 Å². The minimum atomic E-state index is -0.115. The molecule has 2 aliphatic rings. The molecule has 2 fully saturated rings. The molecule has 1 N–H and O–H groups in total. The van der Waals surface area contributed by atoms with Gasteiger partial charge in [0.25, 0.3) is 11.7 Å². The van der Waals surface area contributed by atoms with Crippen LogP contribution in [-0.4, -0.2) is 46.1 Å². The zero-order valence-corrected chi connectivity index (χ0v) is 9.85. The van der Waals surface area contributed by atoms with Crippen molar-refractivity contribution in [1.29, 1.82) is 0 Å². The first-order valence-corrected chi connectivity index (χ1v) is 6.08. The maximum atomic E-state index is 12.2. The van der Waals surface area contributed by atoms with Crippen molar-refractivity contribution >= 4 is 5.91 Å². The van der Waals surface area contributed by atoms with Gasteiger partial charge in [-0.05, 0) is 19.3 Å². The lowest BCUT2D eigenvalue weighted by atomic mass is 10.1. The van der Waals surface area contributed by atoms with E-state index in [2.05, 4.69) is 15.5 Å². The highest BCUT2D eigenvalue weighted by atomic mass is 16.5. The van der Waals surface area contributed by atoms with E-state index in [-0.39, 0.29) is 11.7 Å². The minimum Gasteiger partial charge on any atom is -0.339 e. The average molecular weight is 236 g/mol. The summed E-state index contributed by atoms with van der Waals surface area (Å²) in [5, 5.41) is 7.22. The molecule has 2 bridgehead atoms. The molecule has 2 unspecified atom stereocenters. The number of hydrogen-bond acceptors (Lipinski definition) is 5. The summed E-state index contributed by atoms with van der Waals surface area (Å²) in [6.45, 7) is 3.22. The van der Waals surface area contributed by atoms with Gasteiger partial charge in [-0.15, -0.1) is 0 Å². The van der Waals surface area contributed by atoms with Crippen LogP contribution in [-0.2, 0) is 0 Å². The van der Waals surface area contributed by atoms with Crippen molar-refractivity contribution in [1.82, 2.24) is 20.4 Å². The van der Waals surface area contributed by atoms with Crippen molar-refractivity contribution in [3.8, 4) is 0 Å². The van der Waals surface area contributed by atoms with Crippen molar-refractivity contribution in [2.75, 3.05) is 13.1 Å². The van der Waals surface area contributed by atoms with E-state index in [4.69, 9.17) is 4.52 Å². The van der Waals surface area contributed by atoms with Crippen LogP contribution in [0.25, 0.3) is 0 Å². The molecule has 0 radical (unpaired) electrons. The van der Waals surface area contributed by atoms with Crippen LogP contribution in [0.4, 0.5) is 0 Å². The van der Waals surface area contributed by atoms with E-state index >= 15 is 0 Å². The van der Waals surface area contributed by atoms with E-state index in [1.54, 1.807) is 6.92 Å². The third-order valence-electron chi connectivity index (χ3n) is 3.53. The van der Waals surface area contributed by atoms with Crippen molar-refractivity contribution in [2.45, 2.75) is 38.3 Å². The molecule has 2 atom stereocenters. The Labute approximate surface area is 99.4 Å². The number of amides is 1. The van der Waals surface area contributed by atoms with Crippen LogP contribution in [0.3, 0.4) is 0 Å². The van der Waals surface area contributed by atoms with Crippen molar-refractivity contribution in [3.63, 3.8) is 0 Å². The van der Waals surface area contributed by atoms with E-state index in [0.29, 0.717) is 18.0 Å². The molecular weight excluding hydrogens is 220 g/mol. The van der Waals surface area contributed by atoms with Crippen molar-refractivity contribution in [2.24, 2.45) is 0 Å². The zero-order valence-electron chi connectivity index (χ0n) is 9.85. The fourth-order valence-corrected chi connectivity index (χ4v) is 2.66. The van der Waals surface area contributed by atoms with Gasteiger partial charge in [0, 0.05) is 32.1 Å². The lowest BCUT2D eigenvalue weighted by molar-refractivity contribution is 0.0732. The van der Waals surface area contributed by atoms with E-state index in [1.807, 2.05) is 4.90 Å². The van der Waals surface area contributed by atoms with E-state index in [9.17, 15) is 4.79 Å². The Hall–Kier alpha value is -1.43. The van der Waals surface area contributed by atoms with Crippen LogP contribution in [0, 0.1) is 6.92 Å². The van der Waals surface area contributed by atoms with Gasteiger partial charge >= 0.3 is 0 Å². The monoisotopic (exact) mass is 236 g/mol. The molecule has 0 saturated carbocycles. The third-order valence-corrected chi connectivity index (χ3v) is 3.53. The average Bonchev–Trinajstić information content (AvgIpc) is 2.84. The number of carbonyl (C=O) groups excluding carboxylic acids is 1. The highest BCUT2D eigenvalue weighted by Gasteiger charge is 2.32. The SMILES string of the molecule is Cc1nc(C(=O)N2CCC3CCC(C2)N3)no1. The smallest absolute Gasteiger partial charge is 0.295 e. The molecule has 1 aromatic rings. The van der Waals surface area contributed by atoms with E-state index < -0.39 is 0 Å². The fraction of sp³-hybridized carbons (Fsp3) is 0.727. The van der Waals surface area contributed by atoms with Gasteiger partial charge in [-0.1, -0.05) is 5.16 Å². The minimum absolute atomic E-state index is 0.115. The Morgan fingerprint density at radius 3 is 3.00 bits per heavy atom. The van der Waals surface area contributed by atoms with Crippen LogP contribution in [0.15, 0.2) is 4.52 Å². The molecule has 17 heavy (non-hydrogen) atoms. The number of nitrogens with one attached hydrogen (secondary N) is 1. The standard InChI is InChI=1S/C11H16N4O2/c1-7-12-10(14-17-7)11(16)15-5-4-8-2-3-9(6-15)13-8/h8-9,13H,2-6H2,1H3. The molecule has 2 aliphatic heterocycles. The van der Waals surface area contributed by atoms with Crippen LogP contribution >= 0.6 is 0 Å². The molecule has 92 valence electrons. The number of nitrogens with zero attached hydrogens (tertiary/aromatic N) is 3. The Morgan fingerprint density at radius 2 is 2.24 bits per heavy atom. The molecule has 1 aromatic heterocycles. The fourth-order valence-electron chi connectivity index (χ4n) is 2.66. The first-order chi connectivity index (χ1) is 8.22. The summed E-state index contributed by atoms with van der Waals surface area (Å²) in [5.74, 6) is 0.499. The van der Waals surface area contributed by atoms with Crippen LogP contribution in [0.5, 0.6) is 0 Å². The van der Waals surface area contributed by atoms with Crippen molar-refractivity contribution < 1.29 is 9.32 Å². The lowest BCUT2D eigenvalue weighted by Gasteiger charge is -2.22. The summed E-state index contributed by atoms with van der Waals surface area (Å²) in [5.41, 5.74) is 0. The van der Waals surface area contributed by atoms with E-state index in [1.165, 1.54) is 6.42 Å². The summed E-state index contributed by atoms with van der Waals surface area (Å²) in [6.07, 6.45) is 3.40. The molecule has 0 spiro atoms. The van der Waals surface area contributed by atoms with Gasteiger partial charge in [0.05, 0.1) is 0 Å². The quantitative estimate of drug-likeness (QED) is 0.761. The maximum absolute atomic E-state index is 12.2. The first-order valence-electron chi connectivity index (χ1n) is 6.08. The number of likely N-dealkylation sites (tertiary alicyclic amines) is 1. The topological polar surface area (TPSA) is 71.3 Å². The second kappa shape index (κ2) is 4.10. The van der Waals surface area contributed by atoms with Crippen LogP contribution < -0.4 is 5.32 Å². The number of aryl methyl sites for hydroxylation is 1. The third kappa shape index (κ3) is 2.04. The molecule has 2 saturated heterocycles. The normalized spacial score (nSPS) is 28.2. The molecule has 3 rings (SSSR count). The van der Waals surface area contributed by atoms with Crippen molar-refractivity contribution in [3.05, 3.63) is 11.7 Å². The predicted molar refractivity (Wildman–Crippen MR) is 59.5 cm³/mol. The van der Waals surface area contributed by atoms with Crippen LogP contribution in [0.1, 0.15) is 35.8 Å². The predicted octanol–water partition coefficient (Wildman–Crippen LogP) is 0.345. The summed E-state index contributed by atoms with van der Waals surface area (Å²) in [7, 11) is 0. The first kappa shape index (κ1) is 10.7. The number of hydrogen-bond donors (Lipinski definition) is 1. The summed E-state index contributed by atoms with van der Waals surface area (Å²) in [4.78, 5) is 18.0. The Kier molecular flexibility index (Phi) is 2.58. The molecule has 0 aromatic carbocycles.